The lowest BCUT2D eigenvalue weighted by molar-refractivity contribution is 0.398. The summed E-state index contributed by atoms with van der Waals surface area (Å²) in [5.74, 6) is 0.479. The van der Waals surface area contributed by atoms with Crippen LogP contribution in [0.15, 0.2) is 30.0 Å². The first-order valence-corrected chi connectivity index (χ1v) is 8.33. The third-order valence-corrected chi connectivity index (χ3v) is 4.87. The van der Waals surface area contributed by atoms with Gasteiger partial charge < -0.3 is 5.32 Å². The van der Waals surface area contributed by atoms with E-state index < -0.39 is 0 Å². The first-order chi connectivity index (χ1) is 9.90. The summed E-state index contributed by atoms with van der Waals surface area (Å²) in [7, 11) is 0. The van der Waals surface area contributed by atoms with Crippen molar-refractivity contribution in [2.45, 2.75) is 44.6 Å². The molecule has 3 rings (SSSR count). The van der Waals surface area contributed by atoms with Crippen LogP contribution in [-0.2, 0) is 6.42 Å². The van der Waals surface area contributed by atoms with Crippen molar-refractivity contribution in [3.05, 3.63) is 46.2 Å². The maximum absolute atomic E-state index is 4.68. The quantitative estimate of drug-likeness (QED) is 0.911. The molecule has 0 fully saturated rings. The molecule has 3 nitrogen and oxygen atoms in total. The van der Waals surface area contributed by atoms with E-state index in [-0.39, 0.29) is 0 Å². The molecule has 106 valence electrons. The van der Waals surface area contributed by atoms with Crippen molar-refractivity contribution < 1.29 is 0 Å². The van der Waals surface area contributed by atoms with Crippen LogP contribution in [0.2, 0.25) is 0 Å². The minimum atomic E-state index is 0.358. The maximum atomic E-state index is 4.68. The molecule has 0 saturated carbocycles. The number of thiazole rings is 1. The van der Waals surface area contributed by atoms with Gasteiger partial charge in [-0.1, -0.05) is 13.0 Å². The molecule has 0 spiro atoms. The van der Waals surface area contributed by atoms with Crippen LogP contribution in [0.5, 0.6) is 0 Å². The molecule has 1 N–H and O–H groups in total. The number of nitrogens with one attached hydrogen (secondary N) is 1. The Morgan fingerprint density at radius 3 is 3.25 bits per heavy atom. The van der Waals surface area contributed by atoms with Gasteiger partial charge in [-0.2, -0.15) is 0 Å². The number of pyridine rings is 1. The first-order valence-electron chi connectivity index (χ1n) is 7.45. The summed E-state index contributed by atoms with van der Waals surface area (Å²) >= 11 is 1.75. The van der Waals surface area contributed by atoms with Crippen LogP contribution in [0.4, 0.5) is 0 Å². The Kier molecular flexibility index (Phi) is 4.43. The first kappa shape index (κ1) is 13.7. The zero-order valence-corrected chi connectivity index (χ0v) is 12.7. The van der Waals surface area contributed by atoms with Crippen molar-refractivity contribution in [1.29, 1.82) is 0 Å². The van der Waals surface area contributed by atoms with Crippen LogP contribution in [0.25, 0.3) is 0 Å². The fourth-order valence-electron chi connectivity index (χ4n) is 3.09. The second-order valence-corrected chi connectivity index (χ2v) is 6.30. The summed E-state index contributed by atoms with van der Waals surface area (Å²) in [5, 5.41) is 3.71. The maximum Gasteiger partial charge on any atom is 0.0794 e. The largest absolute Gasteiger partial charge is 0.309 e. The van der Waals surface area contributed by atoms with E-state index in [0.29, 0.717) is 12.0 Å². The Morgan fingerprint density at radius 1 is 1.50 bits per heavy atom. The van der Waals surface area contributed by atoms with E-state index in [4.69, 9.17) is 0 Å². The number of rotatable bonds is 5. The fourth-order valence-corrected chi connectivity index (χ4v) is 3.85. The lowest BCUT2D eigenvalue weighted by Gasteiger charge is -2.31. The summed E-state index contributed by atoms with van der Waals surface area (Å²) in [6.45, 7) is 3.25. The summed E-state index contributed by atoms with van der Waals surface area (Å²) in [6, 6.07) is 4.65. The molecular formula is C16H21N3S. The molecule has 2 atom stereocenters. The van der Waals surface area contributed by atoms with E-state index in [9.17, 15) is 0 Å². The smallest absolute Gasteiger partial charge is 0.0794 e. The number of nitrogens with zero attached hydrogens (tertiary/aromatic N) is 2. The standard InChI is InChI=1S/C16H21N3S/c1-2-8-18-16(14-10-17-11-20-14)13-7-3-5-12-6-4-9-19-15(12)13/h4,6,9-11,13,16,18H,2-3,5,7-8H2,1H3. The normalized spacial score (nSPS) is 19.6. The highest BCUT2D eigenvalue weighted by Gasteiger charge is 2.30. The van der Waals surface area contributed by atoms with Gasteiger partial charge in [-0.25, -0.2) is 0 Å². The molecule has 20 heavy (non-hydrogen) atoms. The average Bonchev–Trinajstić information content (AvgIpc) is 3.02. The van der Waals surface area contributed by atoms with E-state index in [1.165, 1.54) is 35.4 Å². The molecule has 2 heterocycles. The van der Waals surface area contributed by atoms with Gasteiger partial charge >= 0.3 is 0 Å². The molecule has 0 radical (unpaired) electrons. The predicted octanol–water partition coefficient (Wildman–Crippen LogP) is 3.70. The summed E-state index contributed by atoms with van der Waals surface area (Å²) in [6.07, 6.45) is 8.73. The van der Waals surface area contributed by atoms with Gasteiger partial charge in [-0.05, 0) is 43.9 Å². The Labute approximate surface area is 124 Å². The van der Waals surface area contributed by atoms with Crippen molar-refractivity contribution in [1.82, 2.24) is 15.3 Å². The van der Waals surface area contributed by atoms with E-state index in [1.807, 2.05) is 17.9 Å². The van der Waals surface area contributed by atoms with Crippen LogP contribution in [0.1, 0.15) is 54.3 Å². The molecule has 1 aliphatic rings. The molecule has 0 amide bonds. The third kappa shape index (κ3) is 2.76. The second kappa shape index (κ2) is 6.46. The van der Waals surface area contributed by atoms with Gasteiger partial charge in [0, 0.05) is 28.9 Å². The lowest BCUT2D eigenvalue weighted by Crippen LogP contribution is -2.30. The van der Waals surface area contributed by atoms with Gasteiger partial charge in [0.15, 0.2) is 0 Å². The van der Waals surface area contributed by atoms with Crippen molar-refractivity contribution in [3.63, 3.8) is 0 Å². The predicted molar refractivity (Wildman–Crippen MR) is 83.1 cm³/mol. The van der Waals surface area contributed by atoms with Crippen molar-refractivity contribution >= 4 is 11.3 Å². The number of aromatic nitrogens is 2. The van der Waals surface area contributed by atoms with Crippen LogP contribution >= 0.6 is 11.3 Å². The zero-order chi connectivity index (χ0) is 13.8. The Balaban J connectivity index is 1.92. The highest BCUT2D eigenvalue weighted by molar-refractivity contribution is 7.09. The Bertz CT molecular complexity index is 538. The minimum Gasteiger partial charge on any atom is -0.309 e. The SMILES string of the molecule is CCCNC(c1cncs1)C1CCCc2cccnc21. The number of hydrogen-bond donors (Lipinski definition) is 1. The molecule has 0 aliphatic heterocycles. The molecule has 1 aliphatic carbocycles. The highest BCUT2D eigenvalue weighted by Crippen LogP contribution is 2.40. The highest BCUT2D eigenvalue weighted by atomic mass is 32.1. The molecule has 0 aromatic carbocycles. The van der Waals surface area contributed by atoms with Gasteiger partial charge in [0.1, 0.15) is 0 Å². The molecule has 2 unspecified atom stereocenters. The topological polar surface area (TPSA) is 37.8 Å². The monoisotopic (exact) mass is 287 g/mol. The molecule has 0 saturated heterocycles. The molecule has 2 aromatic heterocycles. The fraction of sp³-hybridized carbons (Fsp3) is 0.500. The summed E-state index contributed by atoms with van der Waals surface area (Å²) in [5.41, 5.74) is 4.65. The van der Waals surface area contributed by atoms with Gasteiger partial charge in [-0.3, -0.25) is 9.97 Å². The lowest BCUT2D eigenvalue weighted by atomic mass is 9.81. The number of fused-ring (bicyclic) bond motifs is 1. The number of hydrogen-bond acceptors (Lipinski definition) is 4. The van der Waals surface area contributed by atoms with E-state index in [2.05, 4.69) is 34.3 Å². The zero-order valence-electron chi connectivity index (χ0n) is 11.9. The van der Waals surface area contributed by atoms with Crippen molar-refractivity contribution in [2.75, 3.05) is 6.54 Å². The Morgan fingerprint density at radius 2 is 2.45 bits per heavy atom. The van der Waals surface area contributed by atoms with Gasteiger partial charge in [-0.15, -0.1) is 11.3 Å². The van der Waals surface area contributed by atoms with Gasteiger partial charge in [0.2, 0.25) is 0 Å². The van der Waals surface area contributed by atoms with Crippen LogP contribution < -0.4 is 5.32 Å². The summed E-state index contributed by atoms with van der Waals surface area (Å²) < 4.78 is 0. The second-order valence-electron chi connectivity index (χ2n) is 5.38. The number of aryl methyl sites for hydroxylation is 1. The van der Waals surface area contributed by atoms with Gasteiger partial charge in [0.25, 0.3) is 0 Å². The Hall–Kier alpha value is -1.26. The van der Waals surface area contributed by atoms with Crippen LogP contribution in [-0.4, -0.2) is 16.5 Å². The molecule has 4 heteroatoms. The van der Waals surface area contributed by atoms with Crippen LogP contribution in [0.3, 0.4) is 0 Å². The van der Waals surface area contributed by atoms with Crippen molar-refractivity contribution in [3.8, 4) is 0 Å². The van der Waals surface area contributed by atoms with Gasteiger partial charge in [0.05, 0.1) is 11.6 Å². The molecular weight excluding hydrogens is 266 g/mol. The van der Waals surface area contributed by atoms with Crippen molar-refractivity contribution in [2.24, 2.45) is 0 Å². The summed E-state index contributed by atoms with van der Waals surface area (Å²) in [4.78, 5) is 10.3. The minimum absolute atomic E-state index is 0.358. The van der Waals surface area contributed by atoms with E-state index >= 15 is 0 Å². The molecule has 0 bridgehead atoms. The molecule has 2 aromatic rings. The third-order valence-electron chi connectivity index (χ3n) is 4.01. The van der Waals surface area contributed by atoms with Crippen LogP contribution in [0, 0.1) is 0 Å². The van der Waals surface area contributed by atoms with E-state index in [1.54, 1.807) is 11.3 Å². The average molecular weight is 287 g/mol. The van der Waals surface area contributed by atoms with E-state index in [0.717, 1.165) is 13.0 Å².